The molecule has 0 aliphatic carbocycles. The van der Waals surface area contributed by atoms with Crippen LogP contribution in [0.3, 0.4) is 0 Å². The molecule has 0 saturated heterocycles. The fourth-order valence-electron chi connectivity index (χ4n) is 2.81. The topological polar surface area (TPSA) is 54.9 Å². The van der Waals surface area contributed by atoms with Gasteiger partial charge in [0, 0.05) is 11.6 Å². The Hall–Kier alpha value is -2.95. The van der Waals surface area contributed by atoms with Crippen molar-refractivity contribution in [3.8, 4) is 11.4 Å². The van der Waals surface area contributed by atoms with E-state index in [4.69, 9.17) is 23.2 Å². The fourth-order valence-corrected chi connectivity index (χ4v) is 3.30. The first-order chi connectivity index (χ1) is 13.1. The summed E-state index contributed by atoms with van der Waals surface area (Å²) in [6.07, 6.45) is 1.69. The molecule has 2 heterocycles. The van der Waals surface area contributed by atoms with E-state index in [2.05, 4.69) is 15.3 Å². The van der Waals surface area contributed by atoms with E-state index >= 15 is 0 Å². The normalized spacial score (nSPS) is 10.7. The monoisotopic (exact) mass is 393 g/mol. The van der Waals surface area contributed by atoms with Crippen molar-refractivity contribution in [2.75, 3.05) is 5.32 Å². The first-order valence-electron chi connectivity index (χ1n) is 8.20. The van der Waals surface area contributed by atoms with Crippen molar-refractivity contribution in [1.29, 1.82) is 0 Å². The highest BCUT2D eigenvalue weighted by Gasteiger charge is 2.16. The van der Waals surface area contributed by atoms with Gasteiger partial charge in [-0.05, 0) is 36.4 Å². The summed E-state index contributed by atoms with van der Waals surface area (Å²) < 4.78 is 0. The van der Waals surface area contributed by atoms with Gasteiger partial charge in [-0.25, -0.2) is 4.98 Å². The van der Waals surface area contributed by atoms with Crippen LogP contribution in [-0.2, 0) is 0 Å². The van der Waals surface area contributed by atoms with Crippen molar-refractivity contribution in [3.05, 3.63) is 88.5 Å². The van der Waals surface area contributed by atoms with Gasteiger partial charge in [-0.2, -0.15) is 0 Å². The molecule has 0 unspecified atom stereocenters. The zero-order valence-corrected chi connectivity index (χ0v) is 15.5. The summed E-state index contributed by atoms with van der Waals surface area (Å²) in [6.45, 7) is 0. The van der Waals surface area contributed by atoms with Gasteiger partial charge < -0.3 is 5.32 Å². The quantitative estimate of drug-likeness (QED) is 0.474. The number of pyridine rings is 2. The van der Waals surface area contributed by atoms with Gasteiger partial charge in [0.25, 0.3) is 5.91 Å². The maximum absolute atomic E-state index is 13.0. The molecule has 0 aliphatic rings. The van der Waals surface area contributed by atoms with E-state index < -0.39 is 0 Å². The highest BCUT2D eigenvalue weighted by atomic mass is 35.5. The number of halogens is 2. The van der Waals surface area contributed by atoms with E-state index in [0.29, 0.717) is 38.2 Å². The van der Waals surface area contributed by atoms with Gasteiger partial charge in [-0.3, -0.25) is 9.78 Å². The molecule has 0 radical (unpaired) electrons. The molecule has 27 heavy (non-hydrogen) atoms. The van der Waals surface area contributed by atoms with E-state index in [1.54, 1.807) is 30.5 Å². The number of anilines is 1. The Balaban J connectivity index is 1.84. The number of rotatable bonds is 3. The van der Waals surface area contributed by atoms with Crippen molar-refractivity contribution in [1.82, 2.24) is 9.97 Å². The van der Waals surface area contributed by atoms with Crippen LogP contribution < -0.4 is 5.32 Å². The molecule has 0 atom stereocenters. The minimum Gasteiger partial charge on any atom is -0.319 e. The largest absolute Gasteiger partial charge is 0.319 e. The first-order valence-corrected chi connectivity index (χ1v) is 8.95. The zero-order chi connectivity index (χ0) is 18.8. The van der Waals surface area contributed by atoms with Crippen LogP contribution in [0.25, 0.3) is 22.3 Å². The summed E-state index contributed by atoms with van der Waals surface area (Å²) in [5, 5.41) is 4.30. The maximum atomic E-state index is 13.0. The molecule has 0 spiro atoms. The average Bonchev–Trinajstić information content (AvgIpc) is 2.70. The van der Waals surface area contributed by atoms with E-state index in [0.717, 1.165) is 5.39 Å². The van der Waals surface area contributed by atoms with Gasteiger partial charge in [0.1, 0.15) is 0 Å². The van der Waals surface area contributed by atoms with Crippen molar-refractivity contribution in [2.24, 2.45) is 0 Å². The molecule has 2 aromatic heterocycles. The molecular weight excluding hydrogens is 381 g/mol. The number of benzene rings is 2. The second kappa shape index (κ2) is 7.35. The smallest absolute Gasteiger partial charge is 0.256 e. The Morgan fingerprint density at radius 1 is 0.852 bits per heavy atom. The van der Waals surface area contributed by atoms with Crippen LogP contribution in [0.4, 0.5) is 5.69 Å². The van der Waals surface area contributed by atoms with E-state index in [-0.39, 0.29) is 5.91 Å². The predicted octanol–water partition coefficient (Wildman–Crippen LogP) is 5.86. The number of carbonyl (C=O) groups excluding carboxylic acids is 1. The molecule has 2 aromatic carbocycles. The van der Waals surface area contributed by atoms with E-state index in [9.17, 15) is 4.79 Å². The summed E-state index contributed by atoms with van der Waals surface area (Å²) >= 11 is 12.4. The lowest BCUT2D eigenvalue weighted by atomic mass is 10.1. The number of para-hydroxylation sites is 2. The number of hydrogen-bond donors (Lipinski definition) is 1. The lowest BCUT2D eigenvalue weighted by molar-refractivity contribution is 0.102. The van der Waals surface area contributed by atoms with Crippen LogP contribution >= 0.6 is 23.2 Å². The molecule has 0 saturated carbocycles. The minimum atomic E-state index is -0.319. The second-order valence-corrected chi connectivity index (χ2v) is 6.65. The summed E-state index contributed by atoms with van der Waals surface area (Å²) in [5.41, 5.74) is 2.86. The standard InChI is InChI=1S/C21H13Cl2N3O/c22-15-7-5-8-16(23)20(15)26-21(27)14-12-19(18-10-3-4-11-24-18)25-17-9-2-1-6-13(14)17/h1-12H,(H,26,27). The van der Waals surface area contributed by atoms with Crippen LogP contribution in [-0.4, -0.2) is 15.9 Å². The predicted molar refractivity (Wildman–Crippen MR) is 109 cm³/mol. The number of hydrogen-bond acceptors (Lipinski definition) is 3. The minimum absolute atomic E-state index is 0.319. The van der Waals surface area contributed by atoms with Crippen molar-refractivity contribution in [3.63, 3.8) is 0 Å². The Morgan fingerprint density at radius 2 is 1.59 bits per heavy atom. The molecule has 1 amide bonds. The third-order valence-electron chi connectivity index (χ3n) is 4.09. The molecule has 0 fully saturated rings. The summed E-state index contributed by atoms with van der Waals surface area (Å²) in [5.74, 6) is -0.319. The van der Waals surface area contributed by atoms with Gasteiger partial charge in [-0.15, -0.1) is 0 Å². The van der Waals surface area contributed by atoms with Crippen LogP contribution in [0.1, 0.15) is 10.4 Å². The Labute approximate surface area is 165 Å². The average molecular weight is 394 g/mol. The molecule has 132 valence electrons. The van der Waals surface area contributed by atoms with Gasteiger partial charge >= 0.3 is 0 Å². The Bertz CT molecular complexity index is 1130. The van der Waals surface area contributed by atoms with Crippen LogP contribution in [0, 0.1) is 0 Å². The molecule has 0 bridgehead atoms. The molecule has 6 heteroatoms. The third-order valence-corrected chi connectivity index (χ3v) is 4.72. The number of nitrogens with zero attached hydrogens (tertiary/aromatic N) is 2. The van der Waals surface area contributed by atoms with Crippen molar-refractivity contribution >= 4 is 45.7 Å². The summed E-state index contributed by atoms with van der Waals surface area (Å²) in [6, 6.07) is 19.8. The molecule has 0 aliphatic heterocycles. The van der Waals surface area contributed by atoms with Crippen molar-refractivity contribution < 1.29 is 4.79 Å². The SMILES string of the molecule is O=C(Nc1c(Cl)cccc1Cl)c1cc(-c2ccccn2)nc2ccccc12. The fraction of sp³-hybridized carbons (Fsp3) is 0. The van der Waals surface area contributed by atoms with Crippen LogP contribution in [0.2, 0.25) is 10.0 Å². The first kappa shape index (κ1) is 17.5. The van der Waals surface area contributed by atoms with E-state index in [1.807, 2.05) is 42.5 Å². The van der Waals surface area contributed by atoms with Crippen LogP contribution in [0.15, 0.2) is 72.9 Å². The van der Waals surface area contributed by atoms with Crippen molar-refractivity contribution in [2.45, 2.75) is 0 Å². The number of carbonyl (C=O) groups is 1. The van der Waals surface area contributed by atoms with Gasteiger partial charge in [0.2, 0.25) is 0 Å². The second-order valence-electron chi connectivity index (χ2n) is 5.84. The molecular formula is C21H13Cl2N3O. The third kappa shape index (κ3) is 3.50. The number of fused-ring (bicyclic) bond motifs is 1. The van der Waals surface area contributed by atoms with Crippen LogP contribution in [0.5, 0.6) is 0 Å². The molecule has 4 rings (SSSR count). The molecule has 4 aromatic rings. The Morgan fingerprint density at radius 3 is 2.33 bits per heavy atom. The Kier molecular flexibility index (Phi) is 4.75. The maximum Gasteiger partial charge on any atom is 0.256 e. The summed E-state index contributed by atoms with van der Waals surface area (Å²) in [4.78, 5) is 22.0. The van der Waals surface area contributed by atoms with E-state index in [1.165, 1.54) is 0 Å². The number of amides is 1. The highest BCUT2D eigenvalue weighted by molar-refractivity contribution is 6.40. The zero-order valence-electron chi connectivity index (χ0n) is 14.0. The highest BCUT2D eigenvalue weighted by Crippen LogP contribution is 2.31. The lowest BCUT2D eigenvalue weighted by Gasteiger charge is -2.12. The number of aromatic nitrogens is 2. The number of nitrogens with one attached hydrogen (secondary N) is 1. The van der Waals surface area contributed by atoms with Gasteiger partial charge in [0.05, 0.1) is 38.2 Å². The van der Waals surface area contributed by atoms with Gasteiger partial charge in [0.15, 0.2) is 0 Å². The molecule has 1 N–H and O–H groups in total. The molecule has 4 nitrogen and oxygen atoms in total. The lowest BCUT2D eigenvalue weighted by Crippen LogP contribution is -2.14. The van der Waals surface area contributed by atoms with Gasteiger partial charge in [-0.1, -0.05) is 53.5 Å². The summed E-state index contributed by atoms with van der Waals surface area (Å²) in [7, 11) is 0.